The van der Waals surface area contributed by atoms with Gasteiger partial charge in [0, 0.05) is 11.8 Å². The van der Waals surface area contributed by atoms with Crippen LogP contribution < -0.4 is 0 Å². The van der Waals surface area contributed by atoms with Crippen molar-refractivity contribution >= 4 is 5.97 Å². The zero-order chi connectivity index (χ0) is 14.9. The average molecular weight is 278 g/mol. The van der Waals surface area contributed by atoms with Crippen LogP contribution in [0, 0.1) is 23.7 Å². The van der Waals surface area contributed by atoms with Crippen LogP contribution in [0.25, 0.3) is 0 Å². The molecule has 3 heteroatoms. The second kappa shape index (κ2) is 6.02. The minimum atomic E-state index is -0.0858. The van der Waals surface area contributed by atoms with Crippen molar-refractivity contribution in [3.8, 4) is 0 Å². The molecule has 2 aliphatic carbocycles. The third-order valence-corrected chi connectivity index (χ3v) is 5.04. The summed E-state index contributed by atoms with van der Waals surface area (Å²) in [5.41, 5.74) is 1.14. The summed E-state index contributed by atoms with van der Waals surface area (Å²) in [7, 11) is 0. The lowest BCUT2D eigenvalue weighted by molar-refractivity contribution is -0.157. The largest absolute Gasteiger partial charge is 0.512 e. The second-order valence-corrected chi connectivity index (χ2v) is 6.31. The van der Waals surface area contributed by atoms with Crippen LogP contribution in [0.4, 0.5) is 0 Å². The Kier molecular flexibility index (Phi) is 4.56. The van der Waals surface area contributed by atoms with E-state index in [9.17, 15) is 9.90 Å². The van der Waals surface area contributed by atoms with Crippen LogP contribution in [0.15, 0.2) is 23.5 Å². The molecule has 2 rings (SSSR count). The van der Waals surface area contributed by atoms with E-state index >= 15 is 0 Å². The molecule has 0 aromatic carbocycles. The molecule has 1 N–H and O–H groups in total. The van der Waals surface area contributed by atoms with E-state index in [1.54, 1.807) is 0 Å². The highest BCUT2D eigenvalue weighted by molar-refractivity contribution is 5.72. The molecule has 0 fully saturated rings. The van der Waals surface area contributed by atoms with Crippen LogP contribution in [0.1, 0.15) is 47.0 Å². The Hall–Kier alpha value is -1.25. The molecule has 0 heterocycles. The van der Waals surface area contributed by atoms with Gasteiger partial charge in [0.2, 0.25) is 0 Å². The van der Waals surface area contributed by atoms with Gasteiger partial charge in [-0.25, -0.2) is 0 Å². The van der Waals surface area contributed by atoms with Crippen molar-refractivity contribution in [2.45, 2.75) is 53.1 Å². The number of carbonyl (C=O) groups is 1. The topological polar surface area (TPSA) is 46.5 Å². The third kappa shape index (κ3) is 2.77. The Balaban J connectivity index is 2.17. The SMILES string of the molecule is CCC(C)C(=O)OC1CCC=C2C=C(O)C(C)C(C)C21. The van der Waals surface area contributed by atoms with Gasteiger partial charge in [-0.2, -0.15) is 0 Å². The molecule has 5 unspecified atom stereocenters. The van der Waals surface area contributed by atoms with Gasteiger partial charge in [0.05, 0.1) is 11.7 Å². The molecule has 0 bridgehead atoms. The van der Waals surface area contributed by atoms with E-state index in [1.807, 2.05) is 26.8 Å². The van der Waals surface area contributed by atoms with E-state index in [-0.39, 0.29) is 29.8 Å². The van der Waals surface area contributed by atoms with Gasteiger partial charge in [-0.05, 0) is 36.8 Å². The quantitative estimate of drug-likeness (QED) is 0.793. The first-order chi connectivity index (χ1) is 9.45. The number of fused-ring (bicyclic) bond motifs is 1. The molecule has 0 aliphatic heterocycles. The van der Waals surface area contributed by atoms with E-state index in [2.05, 4.69) is 13.0 Å². The van der Waals surface area contributed by atoms with Crippen LogP contribution in [0.2, 0.25) is 0 Å². The lowest BCUT2D eigenvalue weighted by Gasteiger charge is -2.41. The van der Waals surface area contributed by atoms with E-state index in [0.717, 1.165) is 24.8 Å². The lowest BCUT2D eigenvalue weighted by atomic mass is 9.68. The molecule has 0 aromatic rings. The summed E-state index contributed by atoms with van der Waals surface area (Å²) in [6.45, 7) is 8.10. The number of allylic oxidation sites excluding steroid dienone is 3. The summed E-state index contributed by atoms with van der Waals surface area (Å²) in [5.74, 6) is 0.972. The van der Waals surface area contributed by atoms with Crippen LogP contribution >= 0.6 is 0 Å². The summed E-state index contributed by atoms with van der Waals surface area (Å²) in [5, 5.41) is 9.99. The van der Waals surface area contributed by atoms with Gasteiger partial charge in [-0.15, -0.1) is 0 Å². The van der Waals surface area contributed by atoms with Crippen molar-refractivity contribution in [2.75, 3.05) is 0 Å². The number of hydrogen-bond acceptors (Lipinski definition) is 3. The molecule has 5 atom stereocenters. The van der Waals surface area contributed by atoms with Gasteiger partial charge in [-0.3, -0.25) is 4.79 Å². The van der Waals surface area contributed by atoms with Crippen LogP contribution in [0.3, 0.4) is 0 Å². The van der Waals surface area contributed by atoms with Crippen LogP contribution in [0.5, 0.6) is 0 Å². The van der Waals surface area contributed by atoms with Gasteiger partial charge in [0.25, 0.3) is 0 Å². The average Bonchev–Trinajstić information content (AvgIpc) is 2.43. The van der Waals surface area contributed by atoms with Crippen molar-refractivity contribution in [1.82, 2.24) is 0 Å². The number of carbonyl (C=O) groups excluding carboxylic acids is 1. The maximum atomic E-state index is 12.1. The smallest absolute Gasteiger partial charge is 0.308 e. The first kappa shape index (κ1) is 15.1. The molecule has 0 saturated heterocycles. The maximum absolute atomic E-state index is 12.1. The molecule has 0 spiro atoms. The summed E-state index contributed by atoms with van der Waals surface area (Å²) >= 11 is 0. The van der Waals surface area contributed by atoms with Crippen LogP contribution in [-0.4, -0.2) is 17.2 Å². The number of aliphatic hydroxyl groups is 1. The summed E-state index contributed by atoms with van der Waals surface area (Å²) in [6.07, 6.45) is 6.62. The molecule has 3 nitrogen and oxygen atoms in total. The minimum absolute atomic E-state index is 0.0374. The van der Waals surface area contributed by atoms with E-state index in [0.29, 0.717) is 11.7 Å². The van der Waals surface area contributed by atoms with Gasteiger partial charge in [-0.1, -0.05) is 33.8 Å². The molecule has 0 amide bonds. The van der Waals surface area contributed by atoms with E-state index < -0.39 is 0 Å². The monoisotopic (exact) mass is 278 g/mol. The minimum Gasteiger partial charge on any atom is -0.512 e. The van der Waals surface area contributed by atoms with Gasteiger partial charge < -0.3 is 9.84 Å². The van der Waals surface area contributed by atoms with Crippen molar-refractivity contribution in [3.05, 3.63) is 23.5 Å². The number of ether oxygens (including phenoxy) is 1. The normalized spacial score (nSPS) is 34.6. The van der Waals surface area contributed by atoms with E-state index in [1.165, 1.54) is 0 Å². The zero-order valence-corrected chi connectivity index (χ0v) is 12.9. The maximum Gasteiger partial charge on any atom is 0.308 e. The predicted octanol–water partition coefficient (Wildman–Crippen LogP) is 4.01. The van der Waals surface area contributed by atoms with Gasteiger partial charge >= 0.3 is 5.97 Å². The third-order valence-electron chi connectivity index (χ3n) is 5.04. The highest BCUT2D eigenvalue weighted by atomic mass is 16.5. The molecule has 0 aromatic heterocycles. The summed E-state index contributed by atoms with van der Waals surface area (Å²) in [4.78, 5) is 12.1. The molecule has 0 saturated carbocycles. The fourth-order valence-electron chi connectivity index (χ4n) is 3.19. The van der Waals surface area contributed by atoms with Crippen molar-refractivity contribution in [1.29, 1.82) is 0 Å². The summed E-state index contributed by atoms with van der Waals surface area (Å²) in [6, 6.07) is 0. The fourth-order valence-corrected chi connectivity index (χ4v) is 3.19. The van der Waals surface area contributed by atoms with Gasteiger partial charge in [0.1, 0.15) is 6.10 Å². The fraction of sp³-hybridized carbons (Fsp3) is 0.706. The van der Waals surface area contributed by atoms with Crippen LogP contribution in [-0.2, 0) is 9.53 Å². The molecule has 2 aliphatic rings. The Morgan fingerprint density at radius 1 is 1.50 bits per heavy atom. The summed E-state index contributed by atoms with van der Waals surface area (Å²) < 4.78 is 5.78. The standard InChI is InChI=1S/C17H26O3/c1-5-10(2)17(19)20-15-8-6-7-13-9-14(18)11(3)12(4)16(13)15/h7,9-12,15-16,18H,5-6,8H2,1-4H3. The Morgan fingerprint density at radius 3 is 2.85 bits per heavy atom. The highest BCUT2D eigenvalue weighted by Gasteiger charge is 2.40. The first-order valence-electron chi connectivity index (χ1n) is 7.76. The molecular weight excluding hydrogens is 252 g/mol. The number of aliphatic hydroxyl groups excluding tert-OH is 1. The highest BCUT2D eigenvalue weighted by Crippen LogP contribution is 2.43. The predicted molar refractivity (Wildman–Crippen MR) is 79.2 cm³/mol. The van der Waals surface area contributed by atoms with Gasteiger partial charge in [0.15, 0.2) is 0 Å². The van der Waals surface area contributed by atoms with Crippen molar-refractivity contribution in [2.24, 2.45) is 23.7 Å². The number of hydrogen-bond donors (Lipinski definition) is 1. The van der Waals surface area contributed by atoms with Crippen molar-refractivity contribution in [3.63, 3.8) is 0 Å². The van der Waals surface area contributed by atoms with Crippen molar-refractivity contribution < 1.29 is 14.6 Å². The number of esters is 1. The Bertz CT molecular complexity index is 436. The molecule has 0 radical (unpaired) electrons. The molecule has 112 valence electrons. The Morgan fingerprint density at radius 2 is 2.20 bits per heavy atom. The second-order valence-electron chi connectivity index (χ2n) is 6.31. The molecule has 20 heavy (non-hydrogen) atoms. The molecular formula is C17H26O3. The lowest BCUT2D eigenvalue weighted by Crippen LogP contribution is -2.40. The number of rotatable bonds is 3. The zero-order valence-electron chi connectivity index (χ0n) is 12.9. The van der Waals surface area contributed by atoms with E-state index in [4.69, 9.17) is 4.74 Å². The first-order valence-corrected chi connectivity index (χ1v) is 7.76. The Labute approximate surface area is 121 Å².